The highest BCUT2D eigenvalue weighted by molar-refractivity contribution is 5.82. The molecule has 2 atom stereocenters. The van der Waals surface area contributed by atoms with Gasteiger partial charge in [-0.2, -0.15) is 0 Å². The number of aryl methyl sites for hydroxylation is 1. The lowest BCUT2D eigenvalue weighted by Gasteiger charge is -2.36. The van der Waals surface area contributed by atoms with E-state index in [4.69, 9.17) is 0 Å². The molecule has 1 aliphatic rings. The van der Waals surface area contributed by atoms with Gasteiger partial charge in [-0.15, -0.1) is 10.2 Å². The van der Waals surface area contributed by atoms with Crippen LogP contribution in [0.3, 0.4) is 0 Å². The maximum Gasteiger partial charge on any atom is 0.226 e. The van der Waals surface area contributed by atoms with E-state index in [2.05, 4.69) is 20.8 Å². The molecule has 0 aromatic carbocycles. The fourth-order valence-electron chi connectivity index (χ4n) is 2.78. The molecule has 2 rings (SSSR count). The number of hydrogen-bond donors (Lipinski definition) is 2. The van der Waals surface area contributed by atoms with Crippen LogP contribution >= 0.6 is 0 Å². The van der Waals surface area contributed by atoms with Gasteiger partial charge >= 0.3 is 0 Å². The van der Waals surface area contributed by atoms with Gasteiger partial charge in [-0.05, 0) is 38.8 Å². The van der Waals surface area contributed by atoms with Crippen LogP contribution in [-0.2, 0) is 11.8 Å². The highest BCUT2D eigenvalue weighted by Gasteiger charge is 2.38. The first-order valence-corrected chi connectivity index (χ1v) is 7.28. The Hall–Kier alpha value is -1.43. The topological polar surface area (TPSA) is 71.8 Å². The van der Waals surface area contributed by atoms with E-state index in [-0.39, 0.29) is 17.4 Å². The molecule has 1 amide bonds. The van der Waals surface area contributed by atoms with Crippen molar-refractivity contribution in [1.29, 1.82) is 0 Å². The van der Waals surface area contributed by atoms with Crippen molar-refractivity contribution >= 4 is 5.91 Å². The highest BCUT2D eigenvalue weighted by Crippen LogP contribution is 2.32. The highest BCUT2D eigenvalue weighted by atomic mass is 16.2. The summed E-state index contributed by atoms with van der Waals surface area (Å²) in [5, 5.41) is 14.4. The van der Waals surface area contributed by atoms with Crippen molar-refractivity contribution in [2.75, 3.05) is 13.1 Å². The number of amides is 1. The van der Waals surface area contributed by atoms with E-state index in [1.54, 1.807) is 6.33 Å². The Kier molecular flexibility index (Phi) is 4.42. The third kappa shape index (κ3) is 3.00. The average Bonchev–Trinajstić information content (AvgIpc) is 2.86. The monoisotopic (exact) mass is 279 g/mol. The molecule has 1 saturated heterocycles. The Bertz CT molecular complexity index is 462. The Morgan fingerprint density at radius 1 is 1.60 bits per heavy atom. The summed E-state index contributed by atoms with van der Waals surface area (Å²) in [4.78, 5) is 12.6. The van der Waals surface area contributed by atoms with Crippen molar-refractivity contribution in [3.8, 4) is 0 Å². The molecule has 1 aromatic heterocycles. The predicted molar refractivity (Wildman–Crippen MR) is 76.9 cm³/mol. The predicted octanol–water partition coefficient (Wildman–Crippen LogP) is 1.02. The van der Waals surface area contributed by atoms with Crippen molar-refractivity contribution in [2.45, 2.75) is 39.7 Å². The second-order valence-electron chi connectivity index (χ2n) is 6.26. The Morgan fingerprint density at radius 2 is 2.35 bits per heavy atom. The minimum Gasteiger partial charge on any atom is -0.346 e. The van der Waals surface area contributed by atoms with Crippen molar-refractivity contribution in [3.63, 3.8) is 0 Å². The van der Waals surface area contributed by atoms with Gasteiger partial charge in [0.15, 0.2) is 5.82 Å². The molecule has 0 aliphatic carbocycles. The minimum absolute atomic E-state index is 0.0849. The van der Waals surface area contributed by atoms with Crippen LogP contribution in [0.4, 0.5) is 0 Å². The van der Waals surface area contributed by atoms with E-state index in [0.717, 1.165) is 31.8 Å². The second kappa shape index (κ2) is 5.91. The quantitative estimate of drug-likeness (QED) is 0.863. The van der Waals surface area contributed by atoms with E-state index >= 15 is 0 Å². The summed E-state index contributed by atoms with van der Waals surface area (Å²) < 4.78 is 1.83. The minimum atomic E-state index is -0.375. The molecule has 2 N–H and O–H groups in total. The first-order chi connectivity index (χ1) is 9.43. The SMILES string of the molecule is CC(NC(=O)C(C)(C)C1CCCNC1)c1nncn1C. The van der Waals surface area contributed by atoms with E-state index in [1.165, 1.54) is 0 Å². The maximum atomic E-state index is 12.6. The van der Waals surface area contributed by atoms with Crippen molar-refractivity contribution in [3.05, 3.63) is 12.2 Å². The molecule has 2 heterocycles. The van der Waals surface area contributed by atoms with Crippen LogP contribution < -0.4 is 10.6 Å². The molecule has 6 nitrogen and oxygen atoms in total. The van der Waals surface area contributed by atoms with Gasteiger partial charge in [0.1, 0.15) is 6.33 Å². The van der Waals surface area contributed by atoms with Crippen LogP contribution in [0.5, 0.6) is 0 Å². The number of nitrogens with one attached hydrogen (secondary N) is 2. The van der Waals surface area contributed by atoms with Crippen LogP contribution in [0.2, 0.25) is 0 Å². The summed E-state index contributed by atoms with van der Waals surface area (Å²) in [7, 11) is 1.88. The van der Waals surface area contributed by atoms with Crippen molar-refractivity contribution < 1.29 is 4.79 Å². The van der Waals surface area contributed by atoms with Gasteiger partial charge in [-0.3, -0.25) is 4.79 Å². The molecular weight excluding hydrogens is 254 g/mol. The average molecular weight is 279 g/mol. The molecule has 20 heavy (non-hydrogen) atoms. The fraction of sp³-hybridized carbons (Fsp3) is 0.786. The Morgan fingerprint density at radius 3 is 2.90 bits per heavy atom. The van der Waals surface area contributed by atoms with E-state index in [9.17, 15) is 4.79 Å². The van der Waals surface area contributed by atoms with Gasteiger partial charge in [0, 0.05) is 12.5 Å². The number of rotatable bonds is 4. The smallest absolute Gasteiger partial charge is 0.226 e. The van der Waals surface area contributed by atoms with Gasteiger partial charge in [-0.25, -0.2) is 0 Å². The van der Waals surface area contributed by atoms with Crippen LogP contribution in [0.1, 0.15) is 45.5 Å². The Balaban J connectivity index is 2.01. The van der Waals surface area contributed by atoms with E-state index in [0.29, 0.717) is 5.92 Å². The number of nitrogens with zero attached hydrogens (tertiary/aromatic N) is 3. The number of carbonyl (C=O) groups is 1. The maximum absolute atomic E-state index is 12.6. The van der Waals surface area contributed by atoms with E-state index < -0.39 is 0 Å². The first-order valence-electron chi connectivity index (χ1n) is 7.28. The Labute approximate surface area is 120 Å². The molecule has 0 bridgehead atoms. The molecule has 1 fully saturated rings. The van der Waals surface area contributed by atoms with Gasteiger partial charge < -0.3 is 15.2 Å². The third-order valence-electron chi connectivity index (χ3n) is 4.38. The number of hydrogen-bond acceptors (Lipinski definition) is 4. The molecule has 0 saturated carbocycles. The molecule has 2 unspecified atom stereocenters. The molecule has 6 heteroatoms. The zero-order chi connectivity index (χ0) is 14.8. The van der Waals surface area contributed by atoms with Crippen LogP contribution in [0.25, 0.3) is 0 Å². The summed E-state index contributed by atoms with van der Waals surface area (Å²) in [5.41, 5.74) is -0.375. The van der Waals surface area contributed by atoms with E-state index in [1.807, 2.05) is 32.4 Å². The van der Waals surface area contributed by atoms with Gasteiger partial charge in [0.2, 0.25) is 5.91 Å². The molecule has 112 valence electrons. The standard InChI is InChI=1S/C14H25N5O/c1-10(12-18-16-9-19(12)4)17-13(20)14(2,3)11-6-5-7-15-8-11/h9-11,15H,5-8H2,1-4H3,(H,17,20). The summed E-state index contributed by atoms with van der Waals surface area (Å²) >= 11 is 0. The normalized spacial score (nSPS) is 21.5. The van der Waals surface area contributed by atoms with Gasteiger partial charge in [0.25, 0.3) is 0 Å². The summed E-state index contributed by atoms with van der Waals surface area (Å²) in [6.45, 7) is 7.98. The zero-order valence-corrected chi connectivity index (χ0v) is 12.8. The number of carbonyl (C=O) groups excluding carboxylic acids is 1. The number of piperidine rings is 1. The molecule has 0 radical (unpaired) electrons. The lowest BCUT2D eigenvalue weighted by atomic mass is 9.74. The molecule has 1 aliphatic heterocycles. The largest absolute Gasteiger partial charge is 0.346 e. The number of aromatic nitrogens is 3. The van der Waals surface area contributed by atoms with Crippen molar-refractivity contribution in [2.24, 2.45) is 18.4 Å². The molecule has 0 spiro atoms. The fourth-order valence-corrected chi connectivity index (χ4v) is 2.78. The second-order valence-corrected chi connectivity index (χ2v) is 6.26. The third-order valence-corrected chi connectivity index (χ3v) is 4.38. The zero-order valence-electron chi connectivity index (χ0n) is 12.8. The molecular formula is C14H25N5O. The lowest BCUT2D eigenvalue weighted by molar-refractivity contribution is -0.133. The van der Waals surface area contributed by atoms with Gasteiger partial charge in [0.05, 0.1) is 6.04 Å². The first kappa shape index (κ1) is 15.0. The van der Waals surface area contributed by atoms with Gasteiger partial charge in [-0.1, -0.05) is 13.8 Å². The lowest BCUT2D eigenvalue weighted by Crippen LogP contribution is -2.48. The molecule has 1 aromatic rings. The van der Waals surface area contributed by atoms with Crippen LogP contribution in [0, 0.1) is 11.3 Å². The summed E-state index contributed by atoms with van der Waals surface area (Å²) in [6.07, 6.45) is 3.89. The summed E-state index contributed by atoms with van der Waals surface area (Å²) in [5.74, 6) is 1.24. The summed E-state index contributed by atoms with van der Waals surface area (Å²) in [6, 6.07) is -0.133. The van der Waals surface area contributed by atoms with Crippen LogP contribution in [0.15, 0.2) is 6.33 Å². The van der Waals surface area contributed by atoms with Crippen molar-refractivity contribution in [1.82, 2.24) is 25.4 Å². The van der Waals surface area contributed by atoms with Crippen LogP contribution in [-0.4, -0.2) is 33.8 Å².